The van der Waals surface area contributed by atoms with Crippen LogP contribution in [0.4, 0.5) is 5.13 Å². The maximum absolute atomic E-state index is 12.0. The lowest BCUT2D eigenvalue weighted by molar-refractivity contribution is -0.116. The van der Waals surface area contributed by atoms with E-state index in [0.717, 1.165) is 16.1 Å². The van der Waals surface area contributed by atoms with Gasteiger partial charge in [-0.2, -0.15) is 0 Å². The zero-order valence-electron chi connectivity index (χ0n) is 13.8. The number of hydrogen-bond acceptors (Lipinski definition) is 6. The molecule has 0 atom stereocenters. The Bertz CT molecular complexity index is 832. The van der Waals surface area contributed by atoms with Crippen molar-refractivity contribution in [1.82, 2.24) is 15.2 Å². The van der Waals surface area contributed by atoms with Gasteiger partial charge in [0.1, 0.15) is 0 Å². The van der Waals surface area contributed by atoms with Gasteiger partial charge >= 0.3 is 0 Å². The topological polar surface area (TPSA) is 80.9 Å². The molecule has 0 aliphatic heterocycles. The van der Waals surface area contributed by atoms with Gasteiger partial charge in [-0.05, 0) is 32.9 Å². The Kier molecular flexibility index (Phi) is 4.71. The normalized spacial score (nSPS) is 10.8. The lowest BCUT2D eigenvalue weighted by Crippen LogP contribution is -2.12. The Hall–Kier alpha value is -2.54. The van der Waals surface area contributed by atoms with Crippen LogP contribution in [-0.4, -0.2) is 21.1 Å². The van der Waals surface area contributed by atoms with E-state index in [4.69, 9.17) is 4.42 Å². The highest BCUT2D eigenvalue weighted by Crippen LogP contribution is 2.22. The van der Waals surface area contributed by atoms with E-state index in [1.54, 1.807) is 0 Å². The summed E-state index contributed by atoms with van der Waals surface area (Å²) in [5.74, 6) is 0.808. The molecule has 0 fully saturated rings. The van der Waals surface area contributed by atoms with Crippen molar-refractivity contribution in [2.45, 2.75) is 33.6 Å². The van der Waals surface area contributed by atoms with Gasteiger partial charge in [-0.3, -0.25) is 4.79 Å². The molecule has 24 heavy (non-hydrogen) atoms. The van der Waals surface area contributed by atoms with Crippen molar-refractivity contribution in [2.24, 2.45) is 0 Å². The second kappa shape index (κ2) is 6.92. The van der Waals surface area contributed by atoms with E-state index >= 15 is 0 Å². The quantitative estimate of drug-likeness (QED) is 0.765. The number of nitrogens with zero attached hydrogens (tertiary/aromatic N) is 3. The average Bonchev–Trinajstić information content (AvgIpc) is 3.13. The third-order valence-electron chi connectivity index (χ3n) is 3.61. The number of carbonyl (C=O) groups is 1. The van der Waals surface area contributed by atoms with Crippen molar-refractivity contribution < 1.29 is 9.21 Å². The number of thiazole rings is 1. The number of aromatic nitrogens is 3. The van der Waals surface area contributed by atoms with Crippen molar-refractivity contribution in [3.8, 4) is 11.5 Å². The van der Waals surface area contributed by atoms with Crippen LogP contribution >= 0.6 is 11.3 Å². The van der Waals surface area contributed by atoms with E-state index in [-0.39, 0.29) is 12.3 Å². The van der Waals surface area contributed by atoms with Gasteiger partial charge in [-0.25, -0.2) is 4.98 Å². The van der Waals surface area contributed by atoms with E-state index in [2.05, 4.69) is 20.5 Å². The summed E-state index contributed by atoms with van der Waals surface area (Å²) >= 11 is 1.47. The summed E-state index contributed by atoms with van der Waals surface area (Å²) in [5, 5.41) is 11.5. The van der Waals surface area contributed by atoms with Gasteiger partial charge in [-0.1, -0.05) is 17.7 Å². The minimum absolute atomic E-state index is 0.112. The van der Waals surface area contributed by atoms with Crippen LogP contribution in [0.2, 0.25) is 0 Å². The molecule has 3 rings (SSSR count). The third kappa shape index (κ3) is 3.86. The smallest absolute Gasteiger partial charge is 0.247 e. The molecule has 1 amide bonds. The molecule has 3 aromatic rings. The molecule has 0 saturated carbocycles. The zero-order chi connectivity index (χ0) is 17.1. The first kappa shape index (κ1) is 16.3. The van der Waals surface area contributed by atoms with Gasteiger partial charge < -0.3 is 9.73 Å². The van der Waals surface area contributed by atoms with Gasteiger partial charge in [0, 0.05) is 23.3 Å². The molecule has 0 unspecified atom stereocenters. The number of amides is 1. The van der Waals surface area contributed by atoms with Gasteiger partial charge in [0.05, 0.1) is 5.69 Å². The number of benzene rings is 1. The Morgan fingerprint density at radius 3 is 2.58 bits per heavy atom. The Morgan fingerprint density at radius 2 is 1.92 bits per heavy atom. The molecule has 6 nitrogen and oxygen atoms in total. The largest absolute Gasteiger partial charge is 0.421 e. The molecule has 1 aromatic carbocycles. The fraction of sp³-hybridized carbons (Fsp3) is 0.294. The van der Waals surface area contributed by atoms with Crippen molar-refractivity contribution in [2.75, 3.05) is 5.32 Å². The zero-order valence-corrected chi connectivity index (χ0v) is 14.6. The second-order valence-electron chi connectivity index (χ2n) is 5.58. The van der Waals surface area contributed by atoms with Gasteiger partial charge in [0.25, 0.3) is 0 Å². The molecule has 0 spiro atoms. The highest BCUT2D eigenvalue weighted by molar-refractivity contribution is 7.15. The fourth-order valence-electron chi connectivity index (χ4n) is 2.10. The minimum atomic E-state index is -0.112. The highest BCUT2D eigenvalue weighted by atomic mass is 32.1. The van der Waals surface area contributed by atoms with Crippen LogP contribution in [0.3, 0.4) is 0 Å². The lowest BCUT2D eigenvalue weighted by Gasteiger charge is -1.99. The SMILES string of the molecule is Cc1ccc(-c2nnc(CCC(=O)Nc3nc(C)c(C)s3)o2)cc1. The molecular weight excluding hydrogens is 324 g/mol. The number of rotatable bonds is 5. The molecule has 2 heterocycles. The van der Waals surface area contributed by atoms with E-state index in [1.807, 2.05) is 45.0 Å². The standard InChI is InChI=1S/C17H18N4O2S/c1-10-4-6-13(7-5-10)16-21-20-15(23-16)9-8-14(22)19-17-18-11(2)12(3)24-17/h4-7H,8-9H2,1-3H3,(H,18,19,22). The summed E-state index contributed by atoms with van der Waals surface area (Å²) in [4.78, 5) is 17.4. The maximum atomic E-state index is 12.0. The molecule has 0 saturated heterocycles. The molecule has 7 heteroatoms. The van der Waals surface area contributed by atoms with Crippen molar-refractivity contribution in [3.05, 3.63) is 46.3 Å². The Morgan fingerprint density at radius 1 is 1.17 bits per heavy atom. The fourth-order valence-corrected chi connectivity index (χ4v) is 2.93. The first-order valence-corrected chi connectivity index (χ1v) is 8.46. The number of aryl methyl sites for hydroxylation is 4. The molecule has 1 N–H and O–H groups in total. The average molecular weight is 342 g/mol. The first-order valence-electron chi connectivity index (χ1n) is 7.64. The predicted octanol–water partition coefficient (Wildman–Crippen LogP) is 3.69. The van der Waals surface area contributed by atoms with Crippen LogP contribution in [0.1, 0.15) is 28.4 Å². The Balaban J connectivity index is 1.57. The minimum Gasteiger partial charge on any atom is -0.421 e. The molecule has 0 aliphatic carbocycles. The second-order valence-corrected chi connectivity index (χ2v) is 6.78. The molecule has 0 radical (unpaired) electrons. The van der Waals surface area contributed by atoms with Gasteiger partial charge in [0.15, 0.2) is 5.13 Å². The van der Waals surface area contributed by atoms with Crippen LogP contribution in [0.25, 0.3) is 11.5 Å². The monoisotopic (exact) mass is 342 g/mol. The lowest BCUT2D eigenvalue weighted by atomic mass is 10.1. The first-order chi connectivity index (χ1) is 11.5. The van der Waals surface area contributed by atoms with E-state index < -0.39 is 0 Å². The van der Waals surface area contributed by atoms with Crippen molar-refractivity contribution in [1.29, 1.82) is 0 Å². The summed E-state index contributed by atoms with van der Waals surface area (Å²) in [7, 11) is 0. The van der Waals surface area contributed by atoms with E-state index in [1.165, 1.54) is 16.9 Å². The van der Waals surface area contributed by atoms with Crippen LogP contribution in [0.15, 0.2) is 28.7 Å². The van der Waals surface area contributed by atoms with Crippen LogP contribution in [-0.2, 0) is 11.2 Å². The summed E-state index contributed by atoms with van der Waals surface area (Å²) < 4.78 is 5.62. The molecular formula is C17H18N4O2S. The molecule has 0 bridgehead atoms. The predicted molar refractivity (Wildman–Crippen MR) is 93.0 cm³/mol. The number of nitrogens with one attached hydrogen (secondary N) is 1. The number of hydrogen-bond donors (Lipinski definition) is 1. The van der Waals surface area contributed by atoms with Gasteiger partial charge in [0.2, 0.25) is 17.7 Å². The highest BCUT2D eigenvalue weighted by Gasteiger charge is 2.12. The number of anilines is 1. The van der Waals surface area contributed by atoms with Crippen molar-refractivity contribution in [3.63, 3.8) is 0 Å². The summed E-state index contributed by atoms with van der Waals surface area (Å²) in [6.45, 7) is 5.92. The van der Waals surface area contributed by atoms with Gasteiger partial charge in [-0.15, -0.1) is 21.5 Å². The summed E-state index contributed by atoms with van der Waals surface area (Å²) in [5.41, 5.74) is 2.98. The van der Waals surface area contributed by atoms with Crippen LogP contribution < -0.4 is 5.32 Å². The number of carbonyl (C=O) groups excluding carboxylic acids is 1. The van der Waals surface area contributed by atoms with E-state index in [0.29, 0.717) is 23.3 Å². The molecule has 0 aliphatic rings. The van der Waals surface area contributed by atoms with E-state index in [9.17, 15) is 4.79 Å². The summed E-state index contributed by atoms with van der Waals surface area (Å²) in [6.07, 6.45) is 0.668. The molecule has 2 aromatic heterocycles. The van der Waals surface area contributed by atoms with Crippen LogP contribution in [0, 0.1) is 20.8 Å². The van der Waals surface area contributed by atoms with Crippen LogP contribution in [0.5, 0.6) is 0 Å². The molecule has 124 valence electrons. The maximum Gasteiger partial charge on any atom is 0.247 e. The third-order valence-corrected chi connectivity index (χ3v) is 4.59. The van der Waals surface area contributed by atoms with Crippen molar-refractivity contribution >= 4 is 22.4 Å². The Labute approximate surface area is 144 Å². The summed E-state index contributed by atoms with van der Waals surface area (Å²) in [6, 6.07) is 7.86.